The average Bonchev–Trinajstić information content (AvgIpc) is 3.11. The van der Waals surface area contributed by atoms with Crippen molar-refractivity contribution in [2.75, 3.05) is 18.0 Å². The van der Waals surface area contributed by atoms with Gasteiger partial charge in [-0.3, -0.25) is 4.79 Å². The van der Waals surface area contributed by atoms with E-state index in [9.17, 15) is 4.79 Å². The zero-order valence-corrected chi connectivity index (χ0v) is 17.0. The molecule has 2 aromatic carbocycles. The first kappa shape index (κ1) is 19.7. The highest BCUT2D eigenvalue weighted by Crippen LogP contribution is 2.21. The normalized spacial score (nSPS) is 11.9. The van der Waals surface area contributed by atoms with Crippen LogP contribution in [0.25, 0.3) is 5.69 Å². The van der Waals surface area contributed by atoms with Gasteiger partial charge in [0.2, 0.25) is 0 Å². The molecule has 1 unspecified atom stereocenters. The van der Waals surface area contributed by atoms with E-state index in [0.29, 0.717) is 5.56 Å². The summed E-state index contributed by atoms with van der Waals surface area (Å²) in [4.78, 5) is 14.9. The molecule has 3 rings (SSSR count). The van der Waals surface area contributed by atoms with E-state index in [1.807, 2.05) is 79.3 Å². The molecule has 5 nitrogen and oxygen atoms in total. The molecule has 0 fully saturated rings. The third-order valence-electron chi connectivity index (χ3n) is 5.12. The Morgan fingerprint density at radius 1 is 1.07 bits per heavy atom. The number of anilines is 1. The second-order valence-corrected chi connectivity index (χ2v) is 6.85. The highest BCUT2D eigenvalue weighted by molar-refractivity contribution is 5.94. The maximum absolute atomic E-state index is 12.7. The molecule has 5 heteroatoms. The Kier molecular flexibility index (Phi) is 6.14. The molecule has 1 N–H and O–H groups in total. The number of amides is 1. The van der Waals surface area contributed by atoms with Crippen LogP contribution in [0.4, 0.5) is 5.69 Å². The molecule has 146 valence electrons. The van der Waals surface area contributed by atoms with Gasteiger partial charge in [-0.1, -0.05) is 18.2 Å². The summed E-state index contributed by atoms with van der Waals surface area (Å²) in [5, 5.41) is 7.59. The Hall–Kier alpha value is -3.08. The lowest BCUT2D eigenvalue weighted by Gasteiger charge is -2.21. The molecule has 1 amide bonds. The van der Waals surface area contributed by atoms with Crippen LogP contribution in [0.15, 0.2) is 60.8 Å². The van der Waals surface area contributed by atoms with Crippen molar-refractivity contribution in [1.82, 2.24) is 15.1 Å². The Morgan fingerprint density at radius 2 is 1.71 bits per heavy atom. The van der Waals surface area contributed by atoms with Crippen molar-refractivity contribution in [2.24, 2.45) is 0 Å². The van der Waals surface area contributed by atoms with E-state index in [1.54, 1.807) is 0 Å². The van der Waals surface area contributed by atoms with E-state index in [1.165, 1.54) is 0 Å². The van der Waals surface area contributed by atoms with E-state index >= 15 is 0 Å². The quantitative estimate of drug-likeness (QED) is 0.660. The number of benzene rings is 2. The third kappa shape index (κ3) is 4.09. The van der Waals surface area contributed by atoms with E-state index in [2.05, 4.69) is 29.2 Å². The molecule has 1 heterocycles. The summed E-state index contributed by atoms with van der Waals surface area (Å²) in [7, 11) is 0. The molecule has 28 heavy (non-hydrogen) atoms. The van der Waals surface area contributed by atoms with Gasteiger partial charge in [0.05, 0.1) is 17.9 Å². The first-order valence-electron chi connectivity index (χ1n) is 9.81. The van der Waals surface area contributed by atoms with E-state index < -0.39 is 0 Å². The van der Waals surface area contributed by atoms with Crippen molar-refractivity contribution >= 4 is 11.6 Å². The van der Waals surface area contributed by atoms with Crippen molar-refractivity contribution in [3.8, 4) is 5.69 Å². The molecule has 0 bridgehead atoms. The van der Waals surface area contributed by atoms with Gasteiger partial charge < -0.3 is 10.2 Å². The average molecular weight is 377 g/mol. The number of carbonyl (C=O) groups is 1. The molecule has 0 spiro atoms. The summed E-state index contributed by atoms with van der Waals surface area (Å²) in [5.41, 5.74) is 4.84. The van der Waals surface area contributed by atoms with Crippen LogP contribution in [0.3, 0.4) is 0 Å². The predicted molar refractivity (Wildman–Crippen MR) is 114 cm³/mol. The fourth-order valence-corrected chi connectivity index (χ4v) is 3.45. The smallest absolute Gasteiger partial charge is 0.251 e. The molecular weight excluding hydrogens is 348 g/mol. The summed E-state index contributed by atoms with van der Waals surface area (Å²) in [5.74, 6) is -0.0783. The van der Waals surface area contributed by atoms with Crippen LogP contribution in [0.1, 0.15) is 48.4 Å². The Morgan fingerprint density at radius 3 is 2.32 bits per heavy atom. The van der Waals surface area contributed by atoms with Crippen LogP contribution in [0, 0.1) is 6.92 Å². The topological polar surface area (TPSA) is 50.2 Å². The summed E-state index contributed by atoms with van der Waals surface area (Å²) >= 11 is 0. The molecule has 0 saturated carbocycles. The Bertz CT molecular complexity index is 912. The molecule has 0 aliphatic rings. The Balaban J connectivity index is 1.72. The molecule has 3 aromatic rings. The molecule has 1 aromatic heterocycles. The molecular formula is C23H28N4O. The minimum atomic E-state index is -0.132. The van der Waals surface area contributed by atoms with Gasteiger partial charge in [0.25, 0.3) is 5.91 Å². The van der Waals surface area contributed by atoms with Gasteiger partial charge in [-0.25, -0.2) is 4.68 Å². The third-order valence-corrected chi connectivity index (χ3v) is 5.12. The largest absolute Gasteiger partial charge is 0.372 e. The van der Waals surface area contributed by atoms with E-state index in [-0.39, 0.29) is 11.9 Å². The standard InChI is InChI=1S/C23H28N4O/c1-5-26(6-2)20-14-12-19(13-15-20)23(28)25-17(3)22-16-24-27(18(22)4)21-10-8-7-9-11-21/h7-17H,5-6H2,1-4H3,(H,25,28). The number of para-hydroxylation sites is 1. The van der Waals surface area contributed by atoms with Crippen molar-refractivity contribution in [1.29, 1.82) is 0 Å². The maximum atomic E-state index is 12.7. The van der Waals surface area contributed by atoms with Gasteiger partial charge in [0.1, 0.15) is 0 Å². The molecule has 1 atom stereocenters. The highest BCUT2D eigenvalue weighted by Gasteiger charge is 2.17. The number of nitrogens with one attached hydrogen (secondary N) is 1. The SMILES string of the molecule is CCN(CC)c1ccc(C(=O)NC(C)c2cnn(-c3ccccc3)c2C)cc1. The summed E-state index contributed by atoms with van der Waals surface area (Å²) < 4.78 is 1.90. The zero-order chi connectivity index (χ0) is 20.1. The summed E-state index contributed by atoms with van der Waals surface area (Å²) in [6.07, 6.45) is 1.83. The lowest BCUT2D eigenvalue weighted by molar-refractivity contribution is 0.0940. The number of rotatable bonds is 7. The lowest BCUT2D eigenvalue weighted by Crippen LogP contribution is -2.27. The van der Waals surface area contributed by atoms with Gasteiger partial charge in [-0.15, -0.1) is 0 Å². The van der Waals surface area contributed by atoms with Crippen LogP contribution < -0.4 is 10.2 Å². The molecule has 0 radical (unpaired) electrons. The van der Waals surface area contributed by atoms with Crippen LogP contribution in [-0.4, -0.2) is 28.8 Å². The Labute approximate surface area is 167 Å². The number of hydrogen-bond acceptors (Lipinski definition) is 3. The van der Waals surface area contributed by atoms with Crippen LogP contribution in [0.2, 0.25) is 0 Å². The summed E-state index contributed by atoms with van der Waals surface area (Å²) in [6, 6.07) is 17.6. The fourth-order valence-electron chi connectivity index (χ4n) is 3.45. The molecule has 0 saturated heterocycles. The van der Waals surface area contributed by atoms with Crippen LogP contribution in [0.5, 0.6) is 0 Å². The van der Waals surface area contributed by atoms with Crippen molar-refractivity contribution in [2.45, 2.75) is 33.7 Å². The minimum absolute atomic E-state index is 0.0783. The van der Waals surface area contributed by atoms with E-state index in [4.69, 9.17) is 0 Å². The lowest BCUT2D eigenvalue weighted by atomic mass is 10.1. The van der Waals surface area contributed by atoms with E-state index in [0.717, 1.165) is 35.7 Å². The summed E-state index contributed by atoms with van der Waals surface area (Å²) in [6.45, 7) is 10.2. The minimum Gasteiger partial charge on any atom is -0.372 e. The number of nitrogens with zero attached hydrogens (tertiary/aromatic N) is 3. The van der Waals surface area contributed by atoms with Gasteiger partial charge in [0, 0.05) is 35.6 Å². The molecule has 0 aliphatic carbocycles. The first-order valence-corrected chi connectivity index (χ1v) is 9.81. The second kappa shape index (κ2) is 8.74. The zero-order valence-electron chi connectivity index (χ0n) is 17.0. The fraction of sp³-hybridized carbons (Fsp3) is 0.304. The van der Waals surface area contributed by atoms with Crippen molar-refractivity contribution in [3.05, 3.63) is 77.6 Å². The predicted octanol–water partition coefficient (Wildman–Crippen LogP) is 4.52. The van der Waals surface area contributed by atoms with Crippen molar-refractivity contribution < 1.29 is 4.79 Å². The van der Waals surface area contributed by atoms with Gasteiger partial charge in [-0.05, 0) is 64.1 Å². The highest BCUT2D eigenvalue weighted by atomic mass is 16.1. The number of carbonyl (C=O) groups excluding carboxylic acids is 1. The number of hydrogen-bond donors (Lipinski definition) is 1. The maximum Gasteiger partial charge on any atom is 0.251 e. The monoisotopic (exact) mass is 376 g/mol. The van der Waals surface area contributed by atoms with Gasteiger partial charge in [-0.2, -0.15) is 5.10 Å². The van der Waals surface area contributed by atoms with Gasteiger partial charge in [0.15, 0.2) is 0 Å². The van der Waals surface area contributed by atoms with Crippen LogP contribution >= 0.6 is 0 Å². The second-order valence-electron chi connectivity index (χ2n) is 6.85. The number of aromatic nitrogens is 2. The van der Waals surface area contributed by atoms with Crippen LogP contribution in [-0.2, 0) is 0 Å². The molecule has 0 aliphatic heterocycles. The van der Waals surface area contributed by atoms with Crippen molar-refractivity contribution in [3.63, 3.8) is 0 Å². The first-order chi connectivity index (χ1) is 13.5. The van der Waals surface area contributed by atoms with Gasteiger partial charge >= 0.3 is 0 Å².